The van der Waals surface area contributed by atoms with Crippen LogP contribution >= 0.6 is 27.7 Å². The van der Waals surface area contributed by atoms with Crippen molar-refractivity contribution in [2.45, 2.75) is 17.0 Å². The Balaban J connectivity index is 1.49. The van der Waals surface area contributed by atoms with E-state index in [0.29, 0.717) is 16.6 Å². The van der Waals surface area contributed by atoms with Crippen LogP contribution in [-0.4, -0.2) is 30.9 Å². The highest BCUT2D eigenvalue weighted by Gasteiger charge is 2.25. The average molecular weight is 557 g/mol. The summed E-state index contributed by atoms with van der Waals surface area (Å²) in [4.78, 5) is 22.2. The zero-order valence-corrected chi connectivity index (χ0v) is 21.4. The monoisotopic (exact) mass is 556 g/mol. The van der Waals surface area contributed by atoms with Gasteiger partial charge in [0.2, 0.25) is 0 Å². The maximum atomic E-state index is 13.7. The Morgan fingerprint density at radius 3 is 2.08 bits per heavy atom. The van der Waals surface area contributed by atoms with Crippen molar-refractivity contribution in [1.82, 2.24) is 30.3 Å². The minimum absolute atomic E-state index is 0.262. The number of amides is 1. The fourth-order valence-electron chi connectivity index (χ4n) is 3.74. The summed E-state index contributed by atoms with van der Waals surface area (Å²) < 4.78 is 2.64. The fraction of sp³-hybridized carbons (Fsp3) is 0.0741. The second kappa shape index (κ2) is 11.3. The molecule has 0 spiro atoms. The molecule has 0 aliphatic carbocycles. The lowest BCUT2D eigenvalue weighted by Crippen LogP contribution is -2.30. The smallest absolute Gasteiger partial charge is 0.274 e. The molecule has 0 saturated heterocycles. The Labute approximate surface area is 221 Å². The summed E-state index contributed by atoms with van der Waals surface area (Å²) in [5.41, 5.74) is 3.68. The number of nitrogens with zero attached hydrogens (tertiary/aromatic N) is 5. The van der Waals surface area contributed by atoms with E-state index in [4.69, 9.17) is 0 Å². The van der Waals surface area contributed by atoms with Crippen molar-refractivity contribution in [3.8, 4) is 5.69 Å². The summed E-state index contributed by atoms with van der Waals surface area (Å²) >= 11 is 4.89. The quantitative estimate of drug-likeness (QED) is 0.197. The molecule has 0 bridgehead atoms. The molecule has 1 amide bonds. The van der Waals surface area contributed by atoms with Crippen LogP contribution in [0.25, 0.3) is 5.69 Å². The maximum Gasteiger partial charge on any atom is 0.274 e. The first-order valence-corrected chi connectivity index (χ1v) is 13.0. The second-order valence-electron chi connectivity index (χ2n) is 7.82. The highest BCUT2D eigenvalue weighted by molar-refractivity contribution is 9.10. The van der Waals surface area contributed by atoms with E-state index in [9.17, 15) is 4.79 Å². The molecule has 2 heterocycles. The number of nitrogens with one attached hydrogen (secondary N) is 1. The Morgan fingerprint density at radius 2 is 1.47 bits per heavy atom. The van der Waals surface area contributed by atoms with Crippen LogP contribution in [0.2, 0.25) is 0 Å². The van der Waals surface area contributed by atoms with Gasteiger partial charge in [-0.2, -0.15) is 0 Å². The van der Waals surface area contributed by atoms with Crippen molar-refractivity contribution < 1.29 is 4.79 Å². The third kappa shape index (κ3) is 5.53. The summed E-state index contributed by atoms with van der Waals surface area (Å²) in [6.45, 7) is 0. The van der Waals surface area contributed by atoms with Gasteiger partial charge in [-0.3, -0.25) is 4.79 Å². The van der Waals surface area contributed by atoms with Gasteiger partial charge >= 0.3 is 0 Å². The zero-order valence-electron chi connectivity index (χ0n) is 19.0. The van der Waals surface area contributed by atoms with Gasteiger partial charge in [0.05, 0.1) is 17.4 Å². The normalized spacial score (nSPS) is 10.9. The van der Waals surface area contributed by atoms with Gasteiger partial charge in [-0.15, -0.1) is 5.10 Å². The maximum absolute atomic E-state index is 13.7. The predicted molar refractivity (Wildman–Crippen MR) is 143 cm³/mol. The van der Waals surface area contributed by atoms with Crippen molar-refractivity contribution >= 4 is 33.6 Å². The number of benzene rings is 3. The van der Waals surface area contributed by atoms with E-state index in [2.05, 4.69) is 41.5 Å². The van der Waals surface area contributed by atoms with E-state index in [1.807, 2.05) is 84.9 Å². The molecule has 7 nitrogen and oxygen atoms in total. The minimum atomic E-state index is -0.337. The Bertz CT molecular complexity index is 1390. The number of rotatable bonds is 8. The van der Waals surface area contributed by atoms with Crippen LogP contribution in [0, 0.1) is 0 Å². The van der Waals surface area contributed by atoms with Crippen LogP contribution in [0.4, 0.5) is 0 Å². The highest BCUT2D eigenvalue weighted by Crippen LogP contribution is 2.26. The van der Waals surface area contributed by atoms with Gasteiger partial charge in [0.15, 0.2) is 10.9 Å². The predicted octanol–water partition coefficient (Wildman–Crippen LogP) is 5.63. The third-order valence-corrected chi connectivity index (χ3v) is 6.89. The molecule has 0 fully saturated rings. The SMILES string of the molecule is O=C(NC(c1ccccc1)c1ccccc1)c1nnn(-c2ccc(Br)cc2)c1CSc1ncccn1. The number of halogens is 1. The van der Waals surface area contributed by atoms with E-state index in [-0.39, 0.29) is 17.6 Å². The van der Waals surface area contributed by atoms with E-state index in [1.54, 1.807) is 23.1 Å². The number of thioether (sulfide) groups is 1. The number of aromatic nitrogens is 5. The average Bonchev–Trinajstić information content (AvgIpc) is 3.36. The van der Waals surface area contributed by atoms with Crippen molar-refractivity contribution in [1.29, 1.82) is 0 Å². The molecule has 36 heavy (non-hydrogen) atoms. The van der Waals surface area contributed by atoms with Gasteiger partial charge in [0.25, 0.3) is 5.91 Å². The van der Waals surface area contributed by atoms with Gasteiger partial charge in [-0.1, -0.05) is 93.6 Å². The molecular weight excluding hydrogens is 536 g/mol. The van der Waals surface area contributed by atoms with E-state index >= 15 is 0 Å². The standard InChI is InChI=1S/C27H21BrN6OS/c28-21-12-14-22(15-13-21)34-23(18-36-27-29-16-7-17-30-27)25(32-33-34)26(35)31-24(19-8-3-1-4-9-19)20-10-5-2-6-11-20/h1-17,24H,18H2,(H,31,35). The molecule has 0 saturated carbocycles. The lowest BCUT2D eigenvalue weighted by molar-refractivity contribution is 0.0937. The van der Waals surface area contributed by atoms with E-state index in [0.717, 1.165) is 21.3 Å². The molecule has 178 valence electrons. The molecule has 5 rings (SSSR count). The third-order valence-electron chi connectivity index (χ3n) is 5.47. The van der Waals surface area contributed by atoms with Gasteiger partial charge < -0.3 is 5.32 Å². The molecule has 5 aromatic rings. The van der Waals surface area contributed by atoms with Gasteiger partial charge in [-0.25, -0.2) is 14.6 Å². The van der Waals surface area contributed by atoms with Gasteiger partial charge in [-0.05, 0) is 41.5 Å². The summed E-state index contributed by atoms with van der Waals surface area (Å²) in [6.07, 6.45) is 3.38. The molecule has 0 atom stereocenters. The Hall–Kier alpha value is -3.82. The fourth-order valence-corrected chi connectivity index (χ4v) is 4.80. The zero-order chi connectivity index (χ0) is 24.7. The summed E-state index contributed by atoms with van der Waals surface area (Å²) in [6, 6.07) is 28.9. The second-order valence-corrected chi connectivity index (χ2v) is 9.68. The molecule has 0 aliphatic heterocycles. The molecule has 2 aromatic heterocycles. The first kappa shape index (κ1) is 23.9. The van der Waals surface area contributed by atoms with Gasteiger partial charge in [0.1, 0.15) is 0 Å². The largest absolute Gasteiger partial charge is 0.340 e. The number of hydrogen-bond donors (Lipinski definition) is 1. The van der Waals surface area contributed by atoms with Crippen molar-refractivity contribution in [3.05, 3.63) is 130 Å². The van der Waals surface area contributed by atoms with Crippen LogP contribution in [0.1, 0.15) is 33.4 Å². The molecule has 0 radical (unpaired) electrons. The minimum Gasteiger partial charge on any atom is -0.340 e. The molecular formula is C27H21BrN6OS. The van der Waals surface area contributed by atoms with Crippen LogP contribution in [-0.2, 0) is 5.75 Å². The molecule has 3 aromatic carbocycles. The lowest BCUT2D eigenvalue weighted by atomic mass is 9.98. The Morgan fingerprint density at radius 1 is 0.861 bits per heavy atom. The lowest BCUT2D eigenvalue weighted by Gasteiger charge is -2.19. The topological polar surface area (TPSA) is 85.6 Å². The number of carbonyl (C=O) groups is 1. The Kier molecular flexibility index (Phi) is 7.49. The summed E-state index contributed by atoms with van der Waals surface area (Å²) in [7, 11) is 0. The van der Waals surface area contributed by atoms with Crippen LogP contribution in [0.3, 0.4) is 0 Å². The number of hydrogen-bond acceptors (Lipinski definition) is 6. The summed E-state index contributed by atoms with van der Waals surface area (Å²) in [5, 5.41) is 12.4. The van der Waals surface area contributed by atoms with E-state index < -0.39 is 0 Å². The molecule has 9 heteroatoms. The number of carbonyl (C=O) groups excluding carboxylic acids is 1. The van der Waals surface area contributed by atoms with Crippen molar-refractivity contribution in [2.75, 3.05) is 0 Å². The van der Waals surface area contributed by atoms with Crippen LogP contribution in [0.15, 0.2) is 113 Å². The van der Waals surface area contributed by atoms with Crippen molar-refractivity contribution in [2.24, 2.45) is 0 Å². The van der Waals surface area contributed by atoms with Crippen molar-refractivity contribution in [3.63, 3.8) is 0 Å². The van der Waals surface area contributed by atoms with Crippen LogP contribution in [0.5, 0.6) is 0 Å². The molecule has 0 aliphatic rings. The molecule has 1 N–H and O–H groups in total. The first-order chi connectivity index (χ1) is 17.7. The highest BCUT2D eigenvalue weighted by atomic mass is 79.9. The van der Waals surface area contributed by atoms with E-state index in [1.165, 1.54) is 11.8 Å². The van der Waals surface area contributed by atoms with Crippen LogP contribution < -0.4 is 5.32 Å². The van der Waals surface area contributed by atoms with Gasteiger partial charge in [0, 0.05) is 22.6 Å². The first-order valence-electron chi connectivity index (χ1n) is 11.2. The summed E-state index contributed by atoms with van der Waals surface area (Å²) in [5.74, 6) is 0.109. The molecule has 0 unspecified atom stereocenters.